The lowest BCUT2D eigenvalue weighted by Gasteiger charge is -2.09. The van der Waals surface area contributed by atoms with E-state index in [1.54, 1.807) is 25.1 Å². The number of anilines is 1. The van der Waals surface area contributed by atoms with Crippen molar-refractivity contribution in [1.82, 2.24) is 9.78 Å². The smallest absolute Gasteiger partial charge is 0.341 e. The number of nitrogen functional groups attached to an aromatic ring is 1. The summed E-state index contributed by atoms with van der Waals surface area (Å²) >= 11 is 12.2. The van der Waals surface area contributed by atoms with E-state index in [2.05, 4.69) is 15.3 Å². The maximum Gasteiger partial charge on any atom is 0.341 e. The number of azo groups is 1. The summed E-state index contributed by atoms with van der Waals surface area (Å²) in [7, 11) is -8.86. The summed E-state index contributed by atoms with van der Waals surface area (Å²) < 4.78 is 64.7. The number of hydrogen-bond acceptors (Lipinski definition) is 9. The maximum atomic E-state index is 13.0. The second-order valence-electron chi connectivity index (χ2n) is 7.45. The average molecular weight is 582 g/mol. The molecule has 0 spiro atoms. The lowest BCUT2D eigenvalue weighted by molar-refractivity contribution is 0.482. The largest absolute Gasteiger partial charge is 0.382 e. The molecule has 0 amide bonds. The summed E-state index contributed by atoms with van der Waals surface area (Å²) in [5.41, 5.74) is 6.56. The molecule has 0 saturated heterocycles. The van der Waals surface area contributed by atoms with Crippen molar-refractivity contribution in [3.8, 4) is 11.4 Å². The maximum absolute atomic E-state index is 13.0. The predicted octanol–water partition coefficient (Wildman–Crippen LogP) is 5.50. The molecular weight excluding hydrogens is 565 g/mol. The molecule has 192 valence electrons. The molecule has 37 heavy (non-hydrogen) atoms. The fourth-order valence-electron chi connectivity index (χ4n) is 3.19. The van der Waals surface area contributed by atoms with E-state index in [9.17, 15) is 21.4 Å². The topological polar surface area (TPSA) is 166 Å². The van der Waals surface area contributed by atoms with Crippen molar-refractivity contribution in [3.63, 3.8) is 0 Å². The third kappa shape index (κ3) is 5.60. The van der Waals surface area contributed by atoms with Gasteiger partial charge in [-0.25, -0.2) is 4.68 Å². The molecule has 0 fully saturated rings. The Bertz CT molecular complexity index is 1760. The van der Waals surface area contributed by atoms with Gasteiger partial charge in [0.25, 0.3) is 10.1 Å². The van der Waals surface area contributed by atoms with Crippen LogP contribution in [0.2, 0.25) is 10.0 Å². The molecule has 3 N–H and O–H groups in total. The molecule has 0 bridgehead atoms. The van der Waals surface area contributed by atoms with Gasteiger partial charge in [0.2, 0.25) is 0 Å². The van der Waals surface area contributed by atoms with E-state index in [0.717, 1.165) is 16.8 Å². The summed E-state index contributed by atoms with van der Waals surface area (Å²) in [5, 5.41) is 12.6. The number of nitrogens with two attached hydrogens (primary N) is 1. The third-order valence-corrected chi connectivity index (χ3v) is 7.70. The Morgan fingerprint density at radius 3 is 2.32 bits per heavy atom. The van der Waals surface area contributed by atoms with E-state index in [1.165, 1.54) is 36.4 Å². The van der Waals surface area contributed by atoms with E-state index < -0.39 is 25.1 Å². The standard InChI is InChI=1S/C22H17Cl2N5O6S2/c1-13-21(22(25)29(28-13)18-12-14(36(30,31)32)10-11-15(18)23)27-26-17-7-3-5-9-20(17)37(33,34)35-19-8-4-2-6-16(19)24/h2-12H,25H2,1H3,(H,30,31,32). The molecule has 4 aromatic rings. The van der Waals surface area contributed by atoms with Crippen LogP contribution in [0.4, 0.5) is 17.2 Å². The van der Waals surface area contributed by atoms with Crippen molar-refractivity contribution in [2.75, 3.05) is 5.73 Å². The minimum atomic E-state index is -4.52. The van der Waals surface area contributed by atoms with Crippen LogP contribution < -0.4 is 9.92 Å². The van der Waals surface area contributed by atoms with Crippen molar-refractivity contribution in [1.29, 1.82) is 0 Å². The summed E-state index contributed by atoms with van der Waals surface area (Å²) in [6, 6.07) is 15.3. The number of nitrogens with zero attached hydrogens (tertiary/aromatic N) is 4. The second-order valence-corrected chi connectivity index (χ2v) is 11.2. The number of hydrogen-bond donors (Lipinski definition) is 2. The van der Waals surface area contributed by atoms with Gasteiger partial charge in [0, 0.05) is 0 Å². The zero-order valence-electron chi connectivity index (χ0n) is 18.8. The van der Waals surface area contributed by atoms with E-state index in [1.807, 2.05) is 0 Å². The van der Waals surface area contributed by atoms with Gasteiger partial charge < -0.3 is 9.92 Å². The quantitative estimate of drug-likeness (QED) is 0.164. The van der Waals surface area contributed by atoms with Crippen molar-refractivity contribution in [3.05, 3.63) is 82.5 Å². The highest BCUT2D eigenvalue weighted by molar-refractivity contribution is 7.87. The Labute approximate surface area is 222 Å². The van der Waals surface area contributed by atoms with Crippen LogP contribution in [0.25, 0.3) is 5.69 Å². The molecule has 3 aromatic carbocycles. The first-order valence-electron chi connectivity index (χ1n) is 10.2. The molecule has 11 nitrogen and oxygen atoms in total. The average Bonchev–Trinajstić information content (AvgIpc) is 3.11. The van der Waals surface area contributed by atoms with Gasteiger partial charge in [0.15, 0.2) is 17.3 Å². The second kappa shape index (κ2) is 10.1. The van der Waals surface area contributed by atoms with Gasteiger partial charge in [-0.15, -0.1) is 10.2 Å². The van der Waals surface area contributed by atoms with Crippen LogP contribution in [0.5, 0.6) is 5.75 Å². The molecule has 0 radical (unpaired) electrons. The van der Waals surface area contributed by atoms with Crippen molar-refractivity contribution < 1.29 is 25.6 Å². The molecule has 0 aliphatic heterocycles. The van der Waals surface area contributed by atoms with E-state index >= 15 is 0 Å². The van der Waals surface area contributed by atoms with Gasteiger partial charge in [0.1, 0.15) is 10.6 Å². The minimum Gasteiger partial charge on any atom is -0.382 e. The van der Waals surface area contributed by atoms with E-state index in [4.69, 9.17) is 33.1 Å². The molecule has 4 rings (SSSR count). The first kappa shape index (κ1) is 26.6. The molecule has 0 aliphatic carbocycles. The summed E-state index contributed by atoms with van der Waals surface area (Å²) in [4.78, 5) is -0.688. The zero-order valence-corrected chi connectivity index (χ0v) is 21.9. The highest BCUT2D eigenvalue weighted by Gasteiger charge is 2.23. The highest BCUT2D eigenvalue weighted by atomic mass is 35.5. The third-order valence-electron chi connectivity index (χ3n) is 4.94. The highest BCUT2D eigenvalue weighted by Crippen LogP contribution is 2.35. The predicted molar refractivity (Wildman–Crippen MR) is 137 cm³/mol. The Morgan fingerprint density at radius 2 is 1.62 bits per heavy atom. The molecule has 0 atom stereocenters. The normalized spacial score (nSPS) is 12.2. The Balaban J connectivity index is 1.73. The molecule has 0 aliphatic rings. The lowest BCUT2D eigenvalue weighted by atomic mass is 10.3. The van der Waals surface area contributed by atoms with Crippen molar-refractivity contribution >= 4 is 60.6 Å². The van der Waals surface area contributed by atoms with Crippen LogP contribution in [0, 0.1) is 6.92 Å². The number of halogens is 2. The van der Waals surface area contributed by atoms with Gasteiger partial charge >= 0.3 is 10.1 Å². The monoisotopic (exact) mass is 581 g/mol. The minimum absolute atomic E-state index is 0.0486. The van der Waals surface area contributed by atoms with Crippen LogP contribution in [-0.4, -0.2) is 31.2 Å². The number of para-hydroxylation sites is 1. The van der Waals surface area contributed by atoms with Crippen LogP contribution in [0.1, 0.15) is 5.69 Å². The van der Waals surface area contributed by atoms with Gasteiger partial charge in [-0.1, -0.05) is 47.5 Å². The number of rotatable bonds is 7. The van der Waals surface area contributed by atoms with Gasteiger partial charge in [-0.3, -0.25) is 4.55 Å². The number of aryl methyl sites for hydroxylation is 1. The molecule has 0 unspecified atom stereocenters. The lowest BCUT2D eigenvalue weighted by Crippen LogP contribution is -2.10. The fraction of sp³-hybridized carbons (Fsp3) is 0.0455. The number of benzene rings is 3. The number of aromatic nitrogens is 2. The summed E-state index contributed by atoms with van der Waals surface area (Å²) in [6.45, 7) is 1.56. The Hall–Kier alpha value is -3.49. The fourth-order valence-corrected chi connectivity index (χ4v) is 5.19. The summed E-state index contributed by atoms with van der Waals surface area (Å²) in [6.07, 6.45) is 0. The van der Waals surface area contributed by atoms with Crippen LogP contribution in [0.3, 0.4) is 0 Å². The molecule has 0 saturated carbocycles. The van der Waals surface area contributed by atoms with Crippen LogP contribution >= 0.6 is 23.2 Å². The Morgan fingerprint density at radius 1 is 0.946 bits per heavy atom. The van der Waals surface area contributed by atoms with Crippen LogP contribution in [-0.2, 0) is 20.2 Å². The van der Waals surface area contributed by atoms with Gasteiger partial charge in [0.05, 0.1) is 26.3 Å². The first-order valence-corrected chi connectivity index (χ1v) is 13.8. The zero-order chi connectivity index (χ0) is 27.0. The van der Waals surface area contributed by atoms with Crippen molar-refractivity contribution in [2.24, 2.45) is 10.2 Å². The Kier molecular flexibility index (Phi) is 7.26. The summed E-state index contributed by atoms with van der Waals surface area (Å²) in [5.74, 6) is -0.121. The van der Waals surface area contributed by atoms with Crippen LogP contribution in [0.15, 0.2) is 86.7 Å². The SMILES string of the molecule is Cc1nn(-c2cc(S(=O)(=O)O)ccc2Cl)c(N)c1N=Nc1ccccc1S(=O)(=O)Oc1ccccc1Cl. The van der Waals surface area contributed by atoms with E-state index in [0.29, 0.717) is 0 Å². The van der Waals surface area contributed by atoms with Crippen molar-refractivity contribution in [2.45, 2.75) is 16.7 Å². The van der Waals surface area contributed by atoms with Gasteiger partial charge in [-0.2, -0.15) is 21.9 Å². The molecule has 1 heterocycles. The molecule has 1 aromatic heterocycles. The molecular formula is C22H17Cl2N5O6S2. The van der Waals surface area contributed by atoms with Gasteiger partial charge in [-0.05, 0) is 49.4 Å². The first-order chi connectivity index (χ1) is 17.4. The van der Waals surface area contributed by atoms with E-state index in [-0.39, 0.29) is 49.3 Å². The molecule has 15 heteroatoms.